The molecule has 0 spiro atoms. The summed E-state index contributed by atoms with van der Waals surface area (Å²) in [6.45, 7) is 2.17. The van der Waals surface area contributed by atoms with Crippen LogP contribution in [0.25, 0.3) is 5.69 Å². The summed E-state index contributed by atoms with van der Waals surface area (Å²) in [7, 11) is -1.61. The van der Waals surface area contributed by atoms with E-state index in [9.17, 15) is 18.0 Å². The second-order valence-electron chi connectivity index (χ2n) is 5.71. The van der Waals surface area contributed by atoms with Gasteiger partial charge < -0.3 is 9.47 Å². The number of aromatic nitrogens is 3. The third-order valence-corrected chi connectivity index (χ3v) is 4.55. The first kappa shape index (κ1) is 20.5. The summed E-state index contributed by atoms with van der Waals surface area (Å²) >= 11 is 0. The zero-order valence-corrected chi connectivity index (χ0v) is 15.9. The summed E-state index contributed by atoms with van der Waals surface area (Å²) < 4.78 is 43.3. The van der Waals surface area contributed by atoms with E-state index in [1.807, 2.05) is 6.92 Å². The number of rotatable bonds is 7. The Morgan fingerprint density at radius 3 is 2.22 bits per heavy atom. The number of esters is 2. The van der Waals surface area contributed by atoms with E-state index >= 15 is 0 Å². The van der Waals surface area contributed by atoms with Crippen LogP contribution in [0.1, 0.15) is 33.1 Å². The van der Waals surface area contributed by atoms with Crippen molar-refractivity contribution >= 4 is 22.1 Å². The van der Waals surface area contributed by atoms with Crippen LogP contribution in [0.4, 0.5) is 0 Å². The van der Waals surface area contributed by atoms with E-state index in [0.29, 0.717) is 12.2 Å². The van der Waals surface area contributed by atoms with Gasteiger partial charge in [-0.05, 0) is 0 Å². The molecule has 0 aliphatic heterocycles. The molecule has 0 atom stereocenters. The van der Waals surface area contributed by atoms with Crippen LogP contribution >= 0.6 is 0 Å². The Morgan fingerprint density at radius 2 is 1.74 bits per heavy atom. The van der Waals surface area contributed by atoms with Crippen LogP contribution in [0.15, 0.2) is 24.7 Å². The average Bonchev–Trinajstić information content (AvgIpc) is 2.99. The molecule has 0 saturated heterocycles. The first-order valence-corrected chi connectivity index (χ1v) is 9.48. The molecule has 27 heavy (non-hydrogen) atoms. The highest BCUT2D eigenvalue weighted by Gasteiger charge is 2.20. The fraction of sp³-hybridized carbons (Fsp3) is 0.375. The fourth-order valence-corrected chi connectivity index (χ4v) is 2.92. The zero-order valence-electron chi connectivity index (χ0n) is 15.1. The maximum absolute atomic E-state index is 11.8. The van der Waals surface area contributed by atoms with Gasteiger partial charge in [0.15, 0.2) is 11.4 Å². The molecule has 0 radical (unpaired) electrons. The van der Waals surface area contributed by atoms with E-state index in [-0.39, 0.29) is 23.6 Å². The highest BCUT2D eigenvalue weighted by Crippen LogP contribution is 2.14. The molecular weight excluding hydrogens is 378 g/mol. The molecule has 0 saturated carbocycles. The molecule has 0 fully saturated rings. The molecule has 11 heteroatoms. The van der Waals surface area contributed by atoms with Crippen molar-refractivity contribution in [1.82, 2.24) is 9.55 Å². The molecule has 2 aromatic rings. The highest BCUT2D eigenvalue weighted by molar-refractivity contribution is 7.85. The number of carbonyl (C=O) groups is 2. The quantitative estimate of drug-likeness (QED) is 0.401. The van der Waals surface area contributed by atoms with Gasteiger partial charge in [-0.1, -0.05) is 0 Å². The lowest BCUT2D eigenvalue weighted by atomic mass is 10.2. The van der Waals surface area contributed by atoms with Gasteiger partial charge in [0.25, 0.3) is 10.1 Å². The number of hydrogen-bond donors (Lipinski definition) is 1. The molecule has 0 aromatic carbocycles. The highest BCUT2D eigenvalue weighted by atomic mass is 32.2. The minimum absolute atomic E-state index is 0.0559. The van der Waals surface area contributed by atoms with E-state index in [0.717, 1.165) is 5.69 Å². The standard InChI is InChI=1S/C16H19N3O7S/c1-11-9-19(10-18(11)5-4-6-27(22,23)24)12-7-13(15(20)25-2)17-14(8-12)16(21)26-3/h7-10H,4-6H2,1-3H3/p+1. The van der Waals surface area contributed by atoms with Crippen LogP contribution < -0.4 is 4.57 Å². The minimum Gasteiger partial charge on any atom is -0.464 e. The topological polar surface area (TPSA) is 129 Å². The zero-order chi connectivity index (χ0) is 20.2. The lowest BCUT2D eigenvalue weighted by Crippen LogP contribution is -2.35. The van der Waals surface area contributed by atoms with Crippen LogP contribution in [0.2, 0.25) is 0 Å². The minimum atomic E-state index is -4.02. The number of ether oxygens (including phenoxy) is 2. The Kier molecular flexibility index (Phi) is 6.28. The summed E-state index contributed by atoms with van der Waals surface area (Å²) in [6, 6.07) is 2.92. The molecule has 1 N–H and O–H groups in total. The van der Waals surface area contributed by atoms with Gasteiger partial charge in [-0.25, -0.2) is 23.7 Å². The van der Waals surface area contributed by atoms with Crippen LogP contribution in [0, 0.1) is 6.92 Å². The number of nitrogens with zero attached hydrogens (tertiary/aromatic N) is 3. The van der Waals surface area contributed by atoms with Gasteiger partial charge in [0.1, 0.15) is 17.6 Å². The van der Waals surface area contributed by atoms with E-state index in [2.05, 4.69) is 14.5 Å². The Morgan fingerprint density at radius 1 is 1.19 bits per heavy atom. The largest absolute Gasteiger partial charge is 0.464 e. The average molecular weight is 398 g/mol. The van der Waals surface area contributed by atoms with Crippen molar-refractivity contribution in [2.24, 2.45) is 0 Å². The molecule has 0 bridgehead atoms. The van der Waals surface area contributed by atoms with Crippen LogP contribution in [0.3, 0.4) is 0 Å². The van der Waals surface area contributed by atoms with E-state index in [1.165, 1.54) is 26.4 Å². The smallest absolute Gasteiger partial charge is 0.356 e. The van der Waals surface area contributed by atoms with Gasteiger partial charge in [0, 0.05) is 25.5 Å². The number of hydrogen-bond acceptors (Lipinski definition) is 7. The molecule has 2 heterocycles. The monoisotopic (exact) mass is 398 g/mol. The van der Waals surface area contributed by atoms with E-state index in [1.54, 1.807) is 21.7 Å². The van der Waals surface area contributed by atoms with E-state index < -0.39 is 22.1 Å². The van der Waals surface area contributed by atoms with E-state index in [4.69, 9.17) is 4.55 Å². The first-order valence-electron chi connectivity index (χ1n) is 7.87. The predicted octanol–water partition coefficient (Wildman–Crippen LogP) is 0.319. The number of imidazole rings is 1. The lowest BCUT2D eigenvalue weighted by Gasteiger charge is -2.04. The number of methoxy groups -OCH3 is 2. The summed E-state index contributed by atoms with van der Waals surface area (Å²) in [5.41, 5.74) is 1.17. The molecule has 0 aliphatic rings. The van der Waals surface area contributed by atoms with Crippen molar-refractivity contribution in [3.05, 3.63) is 41.7 Å². The SMILES string of the molecule is COC(=O)c1cc(-n2cc(C)[n+](CCCS(=O)(=O)O)c2)cc(C(=O)OC)n1. The molecule has 2 aromatic heterocycles. The van der Waals surface area contributed by atoms with Gasteiger partial charge in [-0.3, -0.25) is 4.55 Å². The molecule has 10 nitrogen and oxygen atoms in total. The summed E-state index contributed by atoms with van der Waals surface area (Å²) in [5, 5.41) is 0. The predicted molar refractivity (Wildman–Crippen MR) is 92.2 cm³/mol. The molecule has 146 valence electrons. The Hall–Kier alpha value is -2.79. The maximum atomic E-state index is 11.8. The van der Waals surface area contributed by atoms with Crippen molar-refractivity contribution in [2.45, 2.75) is 19.9 Å². The number of aryl methyl sites for hydroxylation is 2. The molecule has 0 amide bonds. The normalized spacial score (nSPS) is 11.3. The number of pyridine rings is 1. The van der Waals surface area contributed by atoms with Crippen LogP contribution in [-0.2, 0) is 26.1 Å². The fourth-order valence-electron chi connectivity index (χ4n) is 2.43. The Labute approximate surface area is 156 Å². The Balaban J connectivity index is 2.38. The summed E-state index contributed by atoms with van der Waals surface area (Å²) in [5.74, 6) is -1.75. The molecule has 0 aliphatic carbocycles. The molecule has 2 rings (SSSR count). The second-order valence-corrected chi connectivity index (χ2v) is 7.28. The first-order chi connectivity index (χ1) is 12.6. The third kappa shape index (κ3) is 5.34. The molecule has 0 unspecified atom stereocenters. The van der Waals surface area contributed by atoms with Crippen LogP contribution in [0.5, 0.6) is 0 Å². The van der Waals surface area contributed by atoms with Crippen molar-refractivity contribution in [2.75, 3.05) is 20.0 Å². The van der Waals surface area contributed by atoms with Gasteiger partial charge in [0.2, 0.25) is 6.33 Å². The van der Waals surface area contributed by atoms with Crippen LogP contribution in [-0.4, -0.2) is 54.4 Å². The van der Waals surface area contributed by atoms with Crippen molar-refractivity contribution in [3.63, 3.8) is 0 Å². The van der Waals surface area contributed by atoms with Crippen molar-refractivity contribution in [1.29, 1.82) is 0 Å². The summed E-state index contributed by atoms with van der Waals surface area (Å²) in [6.07, 6.45) is 3.65. The Bertz CT molecular complexity index is 932. The maximum Gasteiger partial charge on any atom is 0.356 e. The second kappa shape index (κ2) is 8.27. The lowest BCUT2D eigenvalue weighted by molar-refractivity contribution is -0.701. The summed E-state index contributed by atoms with van der Waals surface area (Å²) in [4.78, 5) is 27.6. The van der Waals surface area contributed by atoms with Gasteiger partial charge in [-0.15, -0.1) is 0 Å². The van der Waals surface area contributed by atoms with Gasteiger partial charge in [-0.2, -0.15) is 8.42 Å². The van der Waals surface area contributed by atoms with Crippen molar-refractivity contribution in [3.8, 4) is 5.69 Å². The van der Waals surface area contributed by atoms with Gasteiger partial charge in [0.05, 0.1) is 26.5 Å². The third-order valence-electron chi connectivity index (χ3n) is 3.74. The van der Waals surface area contributed by atoms with Gasteiger partial charge >= 0.3 is 11.9 Å². The number of carbonyl (C=O) groups excluding carboxylic acids is 2. The molecular formula is C16H20N3O7S+. The van der Waals surface area contributed by atoms with Crippen molar-refractivity contribution < 1.29 is 36.6 Å².